The largest absolute Gasteiger partial charge is 0.394 e. The van der Waals surface area contributed by atoms with E-state index in [2.05, 4.69) is 55.6 Å². The van der Waals surface area contributed by atoms with Crippen molar-refractivity contribution in [2.24, 2.45) is 0 Å². The Morgan fingerprint density at radius 1 is 0.350 bits per heavy atom. The molecule has 3 saturated heterocycles. The molecule has 17 atom stereocenters. The van der Waals surface area contributed by atoms with Gasteiger partial charge in [0.1, 0.15) is 73.2 Å². The highest BCUT2D eigenvalue weighted by Crippen LogP contribution is 2.33. The minimum atomic E-state index is -1.98. The number of unbranched alkanes of at least 4 members (excludes halogenated alkanes) is 46. The highest BCUT2D eigenvalue weighted by atomic mass is 16.8. The number of carbonyl (C=O) groups excluding carboxylic acids is 1. The van der Waals surface area contributed by atoms with E-state index >= 15 is 0 Å². The van der Waals surface area contributed by atoms with Gasteiger partial charge in [-0.2, -0.15) is 0 Å². The van der Waals surface area contributed by atoms with Crippen LogP contribution in [0.2, 0.25) is 0 Å². The van der Waals surface area contributed by atoms with Crippen molar-refractivity contribution in [3.05, 3.63) is 48.6 Å². The van der Waals surface area contributed by atoms with Crippen LogP contribution in [0.5, 0.6) is 0 Å². The average Bonchev–Trinajstić information content (AvgIpc) is 0.781. The maximum atomic E-state index is 13.5. The molecule has 0 aliphatic carbocycles. The fraction of sp³-hybridized carbons (Fsp3) is 0.893. The van der Waals surface area contributed by atoms with Crippen LogP contribution in [0.1, 0.15) is 348 Å². The molecular weight excluding hydrogens is 1310 g/mol. The number of amides is 1. The first-order chi connectivity index (χ1) is 50.3. The summed E-state index contributed by atoms with van der Waals surface area (Å²) >= 11 is 0. The van der Waals surface area contributed by atoms with Crippen molar-refractivity contribution in [3.8, 4) is 0 Å². The topological polar surface area (TPSA) is 307 Å². The molecule has 12 N–H and O–H groups in total. The first-order valence-electron chi connectivity index (χ1n) is 42.4. The van der Waals surface area contributed by atoms with E-state index in [1.165, 1.54) is 263 Å². The molecule has 19 nitrogen and oxygen atoms in total. The molecule has 19 heteroatoms. The molecule has 3 aliphatic heterocycles. The zero-order valence-electron chi connectivity index (χ0n) is 64.8. The average molecular weight is 1470 g/mol. The summed E-state index contributed by atoms with van der Waals surface area (Å²) in [6, 6.07) is -0.973. The van der Waals surface area contributed by atoms with Crippen LogP contribution in [0.25, 0.3) is 0 Å². The molecular formula is C84H155NO18. The van der Waals surface area contributed by atoms with Crippen molar-refractivity contribution in [2.75, 3.05) is 26.4 Å². The SMILES string of the molecule is CCCCCCC/C=C\C/C=C\C/C=C\CCCCCCCCCCCCCCCCCCCCCCCCCCC(=O)NC(COC1OC(CO)C(OC2OC(CO)C(OC3OC(CO)C(O)C(O)C3O)C(O)C2O)C(O)C1O)C(O)/C=C/CCCCCCCCCCCCCCCCCCC. The van der Waals surface area contributed by atoms with E-state index < -0.39 is 124 Å². The third-order valence-electron chi connectivity index (χ3n) is 21.1. The Hall–Kier alpha value is -2.25. The van der Waals surface area contributed by atoms with E-state index in [1.807, 2.05) is 6.08 Å². The van der Waals surface area contributed by atoms with E-state index in [0.717, 1.165) is 57.8 Å². The van der Waals surface area contributed by atoms with Crippen LogP contribution >= 0.6 is 0 Å². The van der Waals surface area contributed by atoms with E-state index in [4.69, 9.17) is 28.4 Å². The minimum absolute atomic E-state index is 0.247. The first kappa shape index (κ1) is 95.0. The number of ether oxygens (including phenoxy) is 6. The van der Waals surface area contributed by atoms with Gasteiger partial charge in [0.25, 0.3) is 0 Å². The molecule has 0 aromatic rings. The van der Waals surface area contributed by atoms with Gasteiger partial charge in [-0.25, -0.2) is 0 Å². The van der Waals surface area contributed by atoms with Gasteiger partial charge in [0, 0.05) is 6.42 Å². The summed E-state index contributed by atoms with van der Waals surface area (Å²) in [7, 11) is 0. The lowest BCUT2D eigenvalue weighted by atomic mass is 9.96. The van der Waals surface area contributed by atoms with Gasteiger partial charge in [-0.3, -0.25) is 4.79 Å². The molecule has 3 rings (SSSR count). The molecule has 0 bridgehead atoms. The number of hydrogen-bond donors (Lipinski definition) is 12. The highest BCUT2D eigenvalue weighted by molar-refractivity contribution is 5.76. The van der Waals surface area contributed by atoms with Crippen LogP contribution in [-0.4, -0.2) is 193 Å². The number of carbonyl (C=O) groups is 1. The Labute approximate surface area is 624 Å². The maximum absolute atomic E-state index is 13.5. The predicted octanol–water partition coefficient (Wildman–Crippen LogP) is 14.8. The molecule has 0 aromatic heterocycles. The molecule has 604 valence electrons. The Morgan fingerprint density at radius 3 is 1.00 bits per heavy atom. The second-order valence-corrected chi connectivity index (χ2v) is 30.3. The Bertz CT molecular complexity index is 2050. The van der Waals surface area contributed by atoms with Crippen LogP contribution < -0.4 is 5.32 Å². The minimum Gasteiger partial charge on any atom is -0.394 e. The fourth-order valence-corrected chi connectivity index (χ4v) is 14.3. The lowest BCUT2D eigenvalue weighted by Crippen LogP contribution is -2.66. The van der Waals surface area contributed by atoms with Crippen molar-refractivity contribution in [1.29, 1.82) is 0 Å². The van der Waals surface area contributed by atoms with E-state index in [1.54, 1.807) is 6.08 Å². The molecule has 0 saturated carbocycles. The zero-order chi connectivity index (χ0) is 74.6. The van der Waals surface area contributed by atoms with Gasteiger partial charge >= 0.3 is 0 Å². The quantitative estimate of drug-likeness (QED) is 0.0199. The zero-order valence-corrected chi connectivity index (χ0v) is 64.8. The van der Waals surface area contributed by atoms with Gasteiger partial charge in [0.15, 0.2) is 18.9 Å². The Morgan fingerprint density at radius 2 is 0.641 bits per heavy atom. The van der Waals surface area contributed by atoms with Gasteiger partial charge in [-0.15, -0.1) is 0 Å². The Kier molecular flexibility index (Phi) is 59.5. The number of aliphatic hydroxyl groups excluding tert-OH is 11. The van der Waals surface area contributed by atoms with Crippen molar-refractivity contribution in [2.45, 2.75) is 452 Å². The summed E-state index contributed by atoms with van der Waals surface area (Å²) in [5, 5.41) is 121. The van der Waals surface area contributed by atoms with Gasteiger partial charge < -0.3 is 89.9 Å². The summed E-state index contributed by atoms with van der Waals surface area (Å²) < 4.78 is 34.5. The monoisotopic (exact) mass is 1470 g/mol. The molecule has 17 unspecified atom stereocenters. The van der Waals surface area contributed by atoms with Crippen molar-refractivity contribution >= 4 is 5.91 Å². The molecule has 0 aromatic carbocycles. The van der Waals surface area contributed by atoms with E-state index in [0.29, 0.717) is 6.42 Å². The van der Waals surface area contributed by atoms with Crippen molar-refractivity contribution in [3.63, 3.8) is 0 Å². The third kappa shape index (κ3) is 44.3. The summed E-state index contributed by atoms with van der Waals surface area (Å²) in [4.78, 5) is 13.5. The smallest absolute Gasteiger partial charge is 0.220 e. The predicted molar refractivity (Wildman–Crippen MR) is 411 cm³/mol. The number of hydrogen-bond acceptors (Lipinski definition) is 18. The number of aliphatic hydroxyl groups is 11. The summed E-state index contributed by atoms with van der Waals surface area (Å²) in [6.07, 6.45) is 55.4. The van der Waals surface area contributed by atoms with E-state index in [9.17, 15) is 61.0 Å². The standard InChI is InChI=1S/C84H155NO18/c1-3-5-7-9-11-13-15-17-19-21-23-24-25-26-27-28-29-30-31-32-33-34-35-36-37-38-39-40-41-42-44-46-48-50-52-54-56-58-60-62-72(90)85-67(68(89)61-59-57-55-53-51-49-47-45-43-22-20-18-16-14-12-10-8-6-4-2)66-98-82-78(96)75(93)80(70(64-87)100-82)103-84-79(97)76(94)81(71(65-88)101-84)102-83-77(95)74(92)73(91)69(63-86)99-83/h15,17,21,23,25-26,59,61,67-71,73-84,86-89,91-97H,3-14,16,18-20,22,24,27-58,60,62-66H2,1-2H3,(H,85,90)/b17-15-,23-21-,26-25-,61-59+. The van der Waals surface area contributed by atoms with Gasteiger partial charge in [0.2, 0.25) is 5.91 Å². The lowest BCUT2D eigenvalue weighted by molar-refractivity contribution is -0.379. The van der Waals surface area contributed by atoms with Gasteiger partial charge in [-0.1, -0.05) is 332 Å². The van der Waals surface area contributed by atoms with Crippen LogP contribution in [0.15, 0.2) is 48.6 Å². The number of nitrogens with one attached hydrogen (secondary N) is 1. The highest BCUT2D eigenvalue weighted by Gasteiger charge is 2.54. The maximum Gasteiger partial charge on any atom is 0.220 e. The van der Waals surface area contributed by atoms with Crippen LogP contribution in [0.4, 0.5) is 0 Å². The van der Waals surface area contributed by atoms with Gasteiger partial charge in [0.05, 0.1) is 38.6 Å². The molecule has 103 heavy (non-hydrogen) atoms. The van der Waals surface area contributed by atoms with Gasteiger partial charge in [-0.05, 0) is 57.8 Å². The third-order valence-corrected chi connectivity index (χ3v) is 21.1. The molecule has 3 aliphatic rings. The van der Waals surface area contributed by atoms with Crippen LogP contribution in [0.3, 0.4) is 0 Å². The molecule has 3 heterocycles. The van der Waals surface area contributed by atoms with Crippen LogP contribution in [0, 0.1) is 0 Å². The van der Waals surface area contributed by atoms with Crippen molar-refractivity contribution < 1.29 is 89.4 Å². The summed E-state index contributed by atoms with van der Waals surface area (Å²) in [6.45, 7) is 1.77. The second-order valence-electron chi connectivity index (χ2n) is 30.3. The first-order valence-corrected chi connectivity index (χ1v) is 42.4. The lowest BCUT2D eigenvalue weighted by Gasteiger charge is -2.48. The van der Waals surface area contributed by atoms with Crippen molar-refractivity contribution in [1.82, 2.24) is 5.32 Å². The number of rotatable bonds is 68. The fourth-order valence-electron chi connectivity index (χ4n) is 14.3. The van der Waals surface area contributed by atoms with E-state index in [-0.39, 0.29) is 18.9 Å². The Balaban J connectivity index is 1.30. The molecule has 3 fully saturated rings. The normalized spacial score (nSPS) is 26.2. The van der Waals surface area contributed by atoms with Crippen LogP contribution in [-0.2, 0) is 33.2 Å². The summed E-state index contributed by atoms with van der Waals surface area (Å²) in [5.74, 6) is -0.269. The molecule has 0 spiro atoms. The molecule has 1 amide bonds. The number of allylic oxidation sites excluding steroid dienone is 7. The molecule has 0 radical (unpaired) electrons. The second kappa shape index (κ2) is 64.6. The summed E-state index contributed by atoms with van der Waals surface area (Å²) in [5.41, 5.74) is 0.